The van der Waals surface area contributed by atoms with Gasteiger partial charge in [0.25, 0.3) is 0 Å². The van der Waals surface area contributed by atoms with Crippen molar-refractivity contribution in [1.29, 1.82) is 5.26 Å². The minimum absolute atomic E-state index is 0.495. The summed E-state index contributed by atoms with van der Waals surface area (Å²) in [7, 11) is 0. The van der Waals surface area contributed by atoms with Crippen molar-refractivity contribution in [2.45, 2.75) is 0 Å². The number of piperazine rings is 1. The van der Waals surface area contributed by atoms with Gasteiger partial charge in [-0.2, -0.15) is 5.26 Å². The van der Waals surface area contributed by atoms with Crippen LogP contribution < -0.4 is 4.90 Å². The predicted molar refractivity (Wildman–Crippen MR) is 61.3 cm³/mol. The lowest BCUT2D eigenvalue weighted by Gasteiger charge is -2.33. The molecule has 0 amide bonds. The average Bonchev–Trinajstić information content (AvgIpc) is 2.32. The SMILES string of the molecule is N#CCN1CCN(c2ncc(Cl)cn2)CC1. The lowest BCUT2D eigenvalue weighted by atomic mass is 10.3. The monoisotopic (exact) mass is 237 g/mol. The highest BCUT2D eigenvalue weighted by atomic mass is 35.5. The first-order valence-corrected chi connectivity index (χ1v) is 5.49. The molecule has 2 heterocycles. The summed E-state index contributed by atoms with van der Waals surface area (Å²) < 4.78 is 0. The van der Waals surface area contributed by atoms with Crippen LogP contribution >= 0.6 is 11.6 Å². The van der Waals surface area contributed by atoms with Gasteiger partial charge in [0.15, 0.2) is 0 Å². The summed E-state index contributed by atoms with van der Waals surface area (Å²) in [4.78, 5) is 12.6. The molecule has 0 unspecified atom stereocenters. The maximum absolute atomic E-state index is 8.59. The molecular weight excluding hydrogens is 226 g/mol. The number of hydrogen-bond donors (Lipinski definition) is 0. The Morgan fingerprint density at radius 2 is 1.88 bits per heavy atom. The molecule has 1 aliphatic heterocycles. The van der Waals surface area contributed by atoms with Crippen molar-refractivity contribution in [3.8, 4) is 6.07 Å². The van der Waals surface area contributed by atoms with E-state index in [0.29, 0.717) is 17.5 Å². The zero-order valence-electron chi connectivity index (χ0n) is 8.80. The van der Waals surface area contributed by atoms with Crippen LogP contribution in [-0.4, -0.2) is 47.6 Å². The topological polar surface area (TPSA) is 56.1 Å². The summed E-state index contributed by atoms with van der Waals surface area (Å²) in [5, 5.41) is 9.14. The van der Waals surface area contributed by atoms with Gasteiger partial charge in [0.05, 0.1) is 30.0 Å². The standard InChI is InChI=1S/C10H12ClN5/c11-9-7-13-10(14-8-9)16-5-3-15(2-1-12)4-6-16/h7-8H,2-6H2. The molecule has 0 aromatic carbocycles. The van der Waals surface area contributed by atoms with Gasteiger partial charge in [-0.25, -0.2) is 9.97 Å². The Labute approximate surface area is 99.3 Å². The van der Waals surface area contributed by atoms with Crippen LogP contribution in [-0.2, 0) is 0 Å². The fourth-order valence-electron chi connectivity index (χ4n) is 1.67. The Morgan fingerprint density at radius 1 is 1.25 bits per heavy atom. The minimum Gasteiger partial charge on any atom is -0.338 e. The molecule has 0 atom stereocenters. The van der Waals surface area contributed by atoms with E-state index in [1.165, 1.54) is 0 Å². The lowest BCUT2D eigenvalue weighted by molar-refractivity contribution is 0.285. The van der Waals surface area contributed by atoms with Crippen LogP contribution in [0.3, 0.4) is 0 Å². The number of nitrogens with zero attached hydrogens (tertiary/aromatic N) is 5. The molecular formula is C10H12ClN5. The second-order valence-corrected chi connectivity index (χ2v) is 4.06. The van der Waals surface area contributed by atoms with Gasteiger partial charge >= 0.3 is 0 Å². The smallest absolute Gasteiger partial charge is 0.225 e. The van der Waals surface area contributed by atoms with Gasteiger partial charge in [0.1, 0.15) is 0 Å². The molecule has 0 saturated carbocycles. The van der Waals surface area contributed by atoms with E-state index < -0.39 is 0 Å². The maximum Gasteiger partial charge on any atom is 0.225 e. The molecule has 1 fully saturated rings. The summed E-state index contributed by atoms with van der Waals surface area (Å²) >= 11 is 5.73. The third-order valence-electron chi connectivity index (χ3n) is 2.56. The lowest BCUT2D eigenvalue weighted by Crippen LogP contribution is -2.47. The van der Waals surface area contributed by atoms with Gasteiger partial charge in [-0.3, -0.25) is 4.90 Å². The highest BCUT2D eigenvalue weighted by Crippen LogP contribution is 2.12. The van der Waals surface area contributed by atoms with Crippen molar-refractivity contribution < 1.29 is 0 Å². The predicted octanol–water partition coefficient (Wildman–Crippen LogP) is 0.776. The second kappa shape index (κ2) is 5.10. The van der Waals surface area contributed by atoms with Crippen molar-refractivity contribution in [3.63, 3.8) is 0 Å². The number of anilines is 1. The summed E-state index contributed by atoms with van der Waals surface area (Å²) in [5.74, 6) is 0.709. The molecule has 1 aromatic heterocycles. The van der Waals surface area contributed by atoms with E-state index in [0.717, 1.165) is 26.2 Å². The van der Waals surface area contributed by atoms with Gasteiger partial charge in [-0.1, -0.05) is 11.6 Å². The molecule has 0 radical (unpaired) electrons. The summed E-state index contributed by atoms with van der Waals surface area (Å²) in [5.41, 5.74) is 0. The van der Waals surface area contributed by atoms with E-state index in [9.17, 15) is 0 Å². The van der Waals surface area contributed by atoms with E-state index in [1.54, 1.807) is 12.4 Å². The van der Waals surface area contributed by atoms with Crippen LogP contribution in [0, 0.1) is 11.3 Å². The van der Waals surface area contributed by atoms with E-state index in [4.69, 9.17) is 16.9 Å². The molecule has 0 bridgehead atoms. The quantitative estimate of drug-likeness (QED) is 0.712. The van der Waals surface area contributed by atoms with Gasteiger partial charge < -0.3 is 4.90 Å². The molecule has 6 heteroatoms. The first kappa shape index (κ1) is 11.1. The van der Waals surface area contributed by atoms with Crippen LogP contribution in [0.5, 0.6) is 0 Å². The Bertz CT molecular complexity index is 377. The highest BCUT2D eigenvalue weighted by Gasteiger charge is 2.18. The van der Waals surface area contributed by atoms with Crippen molar-refractivity contribution in [3.05, 3.63) is 17.4 Å². The number of aromatic nitrogens is 2. The summed E-state index contributed by atoms with van der Waals surface area (Å²) in [6.45, 7) is 3.95. The van der Waals surface area contributed by atoms with Crippen molar-refractivity contribution in [2.24, 2.45) is 0 Å². The molecule has 1 aliphatic rings. The van der Waals surface area contributed by atoms with E-state index in [-0.39, 0.29) is 0 Å². The molecule has 1 aromatic rings. The molecule has 84 valence electrons. The zero-order valence-corrected chi connectivity index (χ0v) is 9.56. The normalized spacial score (nSPS) is 17.1. The van der Waals surface area contributed by atoms with Crippen molar-refractivity contribution >= 4 is 17.5 Å². The number of nitriles is 1. The van der Waals surface area contributed by atoms with Crippen LogP contribution in [0.25, 0.3) is 0 Å². The summed E-state index contributed by atoms with van der Waals surface area (Å²) in [6, 6.07) is 2.16. The fourth-order valence-corrected chi connectivity index (χ4v) is 1.77. The zero-order chi connectivity index (χ0) is 11.4. The van der Waals surface area contributed by atoms with E-state index in [2.05, 4.69) is 25.8 Å². The van der Waals surface area contributed by atoms with Gasteiger partial charge in [0.2, 0.25) is 5.95 Å². The molecule has 1 saturated heterocycles. The molecule has 16 heavy (non-hydrogen) atoms. The van der Waals surface area contributed by atoms with Gasteiger partial charge in [0, 0.05) is 26.2 Å². The van der Waals surface area contributed by atoms with Crippen LogP contribution in [0.15, 0.2) is 12.4 Å². The van der Waals surface area contributed by atoms with Gasteiger partial charge in [-0.15, -0.1) is 0 Å². The van der Waals surface area contributed by atoms with Crippen molar-refractivity contribution in [1.82, 2.24) is 14.9 Å². The Kier molecular flexibility index (Phi) is 3.54. The number of hydrogen-bond acceptors (Lipinski definition) is 5. The fraction of sp³-hybridized carbons (Fsp3) is 0.500. The van der Waals surface area contributed by atoms with Crippen LogP contribution in [0.1, 0.15) is 0 Å². The highest BCUT2D eigenvalue weighted by molar-refractivity contribution is 6.30. The van der Waals surface area contributed by atoms with Crippen molar-refractivity contribution in [2.75, 3.05) is 37.6 Å². The summed E-state index contributed by atoms with van der Waals surface area (Å²) in [6.07, 6.45) is 3.21. The Balaban J connectivity index is 1.94. The minimum atomic E-state index is 0.495. The molecule has 0 spiro atoms. The molecule has 0 N–H and O–H groups in total. The second-order valence-electron chi connectivity index (χ2n) is 3.62. The number of halogens is 1. The Morgan fingerprint density at radius 3 is 2.44 bits per heavy atom. The molecule has 5 nitrogen and oxygen atoms in total. The Hall–Kier alpha value is -1.38. The number of rotatable bonds is 2. The van der Waals surface area contributed by atoms with Gasteiger partial charge in [-0.05, 0) is 0 Å². The third kappa shape index (κ3) is 2.60. The first-order chi connectivity index (χ1) is 7.79. The molecule has 0 aliphatic carbocycles. The van der Waals surface area contributed by atoms with E-state index >= 15 is 0 Å². The molecule has 2 rings (SSSR count). The third-order valence-corrected chi connectivity index (χ3v) is 2.75. The average molecular weight is 238 g/mol. The largest absolute Gasteiger partial charge is 0.338 e. The maximum atomic E-state index is 8.59. The first-order valence-electron chi connectivity index (χ1n) is 5.11. The van der Waals surface area contributed by atoms with E-state index in [1.807, 2.05) is 0 Å². The van der Waals surface area contributed by atoms with Crippen LogP contribution in [0.4, 0.5) is 5.95 Å². The van der Waals surface area contributed by atoms with Crippen LogP contribution in [0.2, 0.25) is 5.02 Å².